The fourth-order valence-electron chi connectivity index (χ4n) is 3.82. The Balaban J connectivity index is 1.98. The van der Waals surface area contributed by atoms with Crippen LogP contribution < -0.4 is 5.32 Å². The largest absolute Gasteiger partial charge is 0.302 e. The summed E-state index contributed by atoms with van der Waals surface area (Å²) in [4.78, 5) is 2.66. The van der Waals surface area contributed by atoms with Crippen LogP contribution in [0.25, 0.3) is 0 Å². The molecule has 102 valence electrons. The van der Waals surface area contributed by atoms with Crippen molar-refractivity contribution in [3.63, 3.8) is 0 Å². The molecular weight excluding hydrogens is 222 g/mol. The van der Waals surface area contributed by atoms with Gasteiger partial charge in [-0.15, -0.1) is 0 Å². The number of likely N-dealkylation sites (tertiary alicyclic amines) is 1. The molecular formula is C15H27N3. The highest BCUT2D eigenvalue weighted by molar-refractivity contribution is 5.13. The minimum absolute atomic E-state index is 0.256. The summed E-state index contributed by atoms with van der Waals surface area (Å²) in [6, 6.07) is 3.11. The second-order valence-corrected chi connectivity index (χ2v) is 6.27. The predicted molar refractivity (Wildman–Crippen MR) is 74.2 cm³/mol. The zero-order chi connectivity index (χ0) is 13.2. The summed E-state index contributed by atoms with van der Waals surface area (Å²) in [5.41, 5.74) is 0.298. The molecule has 0 bridgehead atoms. The van der Waals surface area contributed by atoms with Crippen LogP contribution in [-0.2, 0) is 0 Å². The molecule has 2 atom stereocenters. The summed E-state index contributed by atoms with van der Waals surface area (Å²) in [6.45, 7) is 7.14. The van der Waals surface area contributed by atoms with Crippen molar-refractivity contribution < 1.29 is 0 Å². The lowest BCUT2D eigenvalue weighted by Gasteiger charge is -2.30. The maximum atomic E-state index is 9.34. The highest BCUT2D eigenvalue weighted by Crippen LogP contribution is 2.41. The van der Waals surface area contributed by atoms with Gasteiger partial charge in [0.05, 0.1) is 6.07 Å². The van der Waals surface area contributed by atoms with Crippen LogP contribution in [0.2, 0.25) is 0 Å². The van der Waals surface area contributed by atoms with E-state index in [1.807, 2.05) is 7.05 Å². The van der Waals surface area contributed by atoms with Crippen LogP contribution in [0.1, 0.15) is 52.4 Å². The van der Waals surface area contributed by atoms with Gasteiger partial charge in [0.1, 0.15) is 5.54 Å². The molecule has 1 saturated heterocycles. The molecule has 1 aliphatic heterocycles. The Morgan fingerprint density at radius 2 is 2.06 bits per heavy atom. The number of hydrogen-bond acceptors (Lipinski definition) is 3. The summed E-state index contributed by atoms with van der Waals surface area (Å²) in [6.07, 6.45) is 7.12. The summed E-state index contributed by atoms with van der Waals surface area (Å²) in [5.74, 6) is 0. The van der Waals surface area contributed by atoms with Crippen LogP contribution in [0, 0.1) is 16.7 Å². The van der Waals surface area contributed by atoms with Gasteiger partial charge in [-0.25, -0.2) is 0 Å². The van der Waals surface area contributed by atoms with Crippen molar-refractivity contribution in [3.8, 4) is 6.07 Å². The first-order valence-electron chi connectivity index (χ1n) is 7.47. The number of nitrogens with one attached hydrogen (secondary N) is 1. The van der Waals surface area contributed by atoms with E-state index in [1.54, 1.807) is 0 Å². The molecule has 0 spiro atoms. The lowest BCUT2D eigenvalue weighted by molar-refractivity contribution is 0.191. The lowest BCUT2D eigenvalue weighted by Crippen LogP contribution is -2.41. The molecule has 0 amide bonds. The number of hydrogen-bond donors (Lipinski definition) is 1. The van der Waals surface area contributed by atoms with Crippen molar-refractivity contribution in [2.75, 3.05) is 20.1 Å². The van der Waals surface area contributed by atoms with E-state index in [0.717, 1.165) is 12.8 Å². The van der Waals surface area contributed by atoms with Crippen molar-refractivity contribution in [3.05, 3.63) is 0 Å². The van der Waals surface area contributed by atoms with Gasteiger partial charge in [-0.2, -0.15) is 5.26 Å². The van der Waals surface area contributed by atoms with E-state index >= 15 is 0 Å². The van der Waals surface area contributed by atoms with Crippen molar-refractivity contribution >= 4 is 0 Å². The molecule has 0 radical (unpaired) electrons. The summed E-state index contributed by atoms with van der Waals surface area (Å²) < 4.78 is 0. The minimum atomic E-state index is -0.256. The van der Waals surface area contributed by atoms with E-state index in [4.69, 9.17) is 0 Å². The van der Waals surface area contributed by atoms with E-state index in [-0.39, 0.29) is 5.54 Å². The molecule has 1 saturated carbocycles. The van der Waals surface area contributed by atoms with Gasteiger partial charge in [0, 0.05) is 12.6 Å². The van der Waals surface area contributed by atoms with Crippen LogP contribution in [-0.4, -0.2) is 36.6 Å². The van der Waals surface area contributed by atoms with Crippen LogP contribution in [0.3, 0.4) is 0 Å². The Bertz CT molecular complexity index is 329. The first kappa shape index (κ1) is 13.8. The fraction of sp³-hybridized carbons (Fsp3) is 0.933. The van der Waals surface area contributed by atoms with Gasteiger partial charge in [0.2, 0.25) is 0 Å². The Kier molecular flexibility index (Phi) is 3.99. The van der Waals surface area contributed by atoms with E-state index in [1.165, 1.54) is 38.8 Å². The molecule has 2 rings (SSSR count). The van der Waals surface area contributed by atoms with E-state index < -0.39 is 0 Å². The third-order valence-corrected chi connectivity index (χ3v) is 5.67. The SMILES string of the molecule is CCC1(CC)CCN(C2CCC(C#N)(NC)C2)C1. The minimum Gasteiger partial charge on any atom is -0.302 e. The van der Waals surface area contributed by atoms with Gasteiger partial charge in [-0.1, -0.05) is 13.8 Å². The van der Waals surface area contributed by atoms with Crippen LogP contribution in [0.5, 0.6) is 0 Å². The van der Waals surface area contributed by atoms with Crippen molar-refractivity contribution in [2.45, 2.75) is 64.0 Å². The fourth-order valence-corrected chi connectivity index (χ4v) is 3.82. The Morgan fingerprint density at radius 3 is 2.50 bits per heavy atom. The Hall–Kier alpha value is -0.590. The van der Waals surface area contributed by atoms with Crippen molar-refractivity contribution in [1.29, 1.82) is 5.26 Å². The second kappa shape index (κ2) is 5.19. The number of nitriles is 1. The topological polar surface area (TPSA) is 39.1 Å². The average molecular weight is 249 g/mol. The standard InChI is InChI=1S/C15H27N3/c1-4-14(5-2)8-9-18(12-14)13-6-7-15(10-13,11-16)17-3/h13,17H,4-10,12H2,1-3H3. The van der Waals surface area contributed by atoms with E-state index in [0.29, 0.717) is 11.5 Å². The summed E-state index contributed by atoms with van der Waals surface area (Å²) >= 11 is 0. The smallest absolute Gasteiger partial charge is 0.108 e. The van der Waals surface area contributed by atoms with Gasteiger partial charge in [-0.05, 0) is 57.5 Å². The summed E-state index contributed by atoms with van der Waals surface area (Å²) in [7, 11) is 1.93. The quantitative estimate of drug-likeness (QED) is 0.832. The van der Waals surface area contributed by atoms with E-state index in [2.05, 4.69) is 30.1 Å². The van der Waals surface area contributed by atoms with E-state index in [9.17, 15) is 5.26 Å². The maximum Gasteiger partial charge on any atom is 0.108 e. The normalized spacial score (nSPS) is 35.8. The molecule has 2 aliphatic rings. The van der Waals surface area contributed by atoms with Gasteiger partial charge in [0.25, 0.3) is 0 Å². The lowest BCUT2D eigenvalue weighted by atomic mass is 9.82. The zero-order valence-electron chi connectivity index (χ0n) is 12.1. The van der Waals surface area contributed by atoms with Gasteiger partial charge in [0.15, 0.2) is 0 Å². The first-order chi connectivity index (χ1) is 8.62. The van der Waals surface area contributed by atoms with Gasteiger partial charge in [-0.3, -0.25) is 4.90 Å². The second-order valence-electron chi connectivity index (χ2n) is 6.27. The maximum absolute atomic E-state index is 9.34. The third kappa shape index (κ3) is 2.29. The molecule has 3 heteroatoms. The molecule has 1 heterocycles. The van der Waals surface area contributed by atoms with Crippen LogP contribution in [0.4, 0.5) is 0 Å². The van der Waals surface area contributed by atoms with Crippen LogP contribution >= 0.6 is 0 Å². The Labute approximate surface area is 112 Å². The highest BCUT2D eigenvalue weighted by atomic mass is 15.2. The molecule has 0 aromatic heterocycles. The summed E-state index contributed by atoms with van der Waals surface area (Å²) in [5, 5.41) is 12.6. The molecule has 1 N–H and O–H groups in total. The third-order valence-electron chi connectivity index (χ3n) is 5.67. The molecule has 0 aromatic carbocycles. The molecule has 0 aromatic rings. The monoisotopic (exact) mass is 249 g/mol. The number of nitrogens with zero attached hydrogens (tertiary/aromatic N) is 2. The average Bonchev–Trinajstić information content (AvgIpc) is 3.04. The Morgan fingerprint density at radius 1 is 1.33 bits per heavy atom. The molecule has 1 aliphatic carbocycles. The molecule has 2 fully saturated rings. The first-order valence-corrected chi connectivity index (χ1v) is 7.47. The zero-order valence-corrected chi connectivity index (χ0v) is 12.1. The molecule has 18 heavy (non-hydrogen) atoms. The van der Waals surface area contributed by atoms with Crippen LogP contribution in [0.15, 0.2) is 0 Å². The van der Waals surface area contributed by atoms with Gasteiger partial charge < -0.3 is 5.32 Å². The highest BCUT2D eigenvalue weighted by Gasteiger charge is 2.44. The molecule has 2 unspecified atom stereocenters. The molecule has 3 nitrogen and oxygen atoms in total. The van der Waals surface area contributed by atoms with Gasteiger partial charge >= 0.3 is 0 Å². The predicted octanol–water partition coefficient (Wildman–Crippen LogP) is 2.53. The number of rotatable bonds is 4. The van der Waals surface area contributed by atoms with Crippen molar-refractivity contribution in [1.82, 2.24) is 10.2 Å². The van der Waals surface area contributed by atoms with Crippen molar-refractivity contribution in [2.24, 2.45) is 5.41 Å².